The zero-order valence-corrected chi connectivity index (χ0v) is 17.4. The first-order valence-electron chi connectivity index (χ1n) is 10.2. The van der Waals surface area contributed by atoms with Crippen molar-refractivity contribution in [3.05, 3.63) is 35.7 Å². The van der Waals surface area contributed by atoms with Crippen LogP contribution in [-0.2, 0) is 10.0 Å². The summed E-state index contributed by atoms with van der Waals surface area (Å²) in [5, 5.41) is 1.88. The van der Waals surface area contributed by atoms with Crippen LogP contribution in [0.2, 0.25) is 0 Å². The summed E-state index contributed by atoms with van der Waals surface area (Å²) in [5.41, 5.74) is 1.73. The first-order valence-corrected chi connectivity index (χ1v) is 12.5. The van der Waals surface area contributed by atoms with E-state index in [9.17, 15) is 8.42 Å². The number of thiazole rings is 1. The molecule has 146 valence electrons. The molecule has 1 aromatic carbocycles. The van der Waals surface area contributed by atoms with E-state index in [0.29, 0.717) is 0 Å². The lowest BCUT2D eigenvalue weighted by molar-refractivity contribution is 0.169. The third kappa shape index (κ3) is 4.13. The van der Waals surface area contributed by atoms with Crippen molar-refractivity contribution in [1.82, 2.24) is 9.29 Å². The van der Waals surface area contributed by atoms with Crippen LogP contribution < -0.4 is 0 Å². The van der Waals surface area contributed by atoms with Crippen molar-refractivity contribution in [1.29, 1.82) is 0 Å². The number of rotatable bonds is 5. The lowest BCUT2D eigenvalue weighted by atomic mass is 9.91. The van der Waals surface area contributed by atoms with Gasteiger partial charge in [0.1, 0.15) is 0 Å². The molecule has 2 saturated carbocycles. The summed E-state index contributed by atoms with van der Waals surface area (Å²) >= 11 is 1.27. The van der Waals surface area contributed by atoms with E-state index in [4.69, 9.17) is 0 Å². The normalized spacial score (nSPS) is 20.2. The lowest BCUT2D eigenvalue weighted by Crippen LogP contribution is -2.48. The fourth-order valence-corrected chi connectivity index (χ4v) is 7.61. The van der Waals surface area contributed by atoms with Crippen molar-refractivity contribution >= 4 is 21.4 Å². The summed E-state index contributed by atoms with van der Waals surface area (Å²) in [6, 6.07) is 10.1. The Bertz CT molecular complexity index is 818. The number of hydrogen-bond donors (Lipinski definition) is 0. The SMILES string of the molecule is O=S(=O)(c1nc(-c2ccccc2)cs1)N(C1CCCCC1)C1CCCCC1. The van der Waals surface area contributed by atoms with Crippen LogP contribution in [0.3, 0.4) is 0 Å². The van der Waals surface area contributed by atoms with Gasteiger partial charge in [-0.2, -0.15) is 4.31 Å². The summed E-state index contributed by atoms with van der Waals surface area (Å²) in [7, 11) is -3.55. The van der Waals surface area contributed by atoms with Crippen LogP contribution in [-0.4, -0.2) is 29.8 Å². The third-order valence-corrected chi connectivity index (χ3v) is 9.16. The molecular weight excluding hydrogens is 376 g/mol. The Labute approximate surface area is 166 Å². The van der Waals surface area contributed by atoms with E-state index in [2.05, 4.69) is 4.98 Å². The van der Waals surface area contributed by atoms with Crippen LogP contribution in [0.1, 0.15) is 64.2 Å². The van der Waals surface area contributed by atoms with Crippen molar-refractivity contribution in [3.63, 3.8) is 0 Å². The molecule has 0 saturated heterocycles. The van der Waals surface area contributed by atoms with E-state index >= 15 is 0 Å². The summed E-state index contributed by atoms with van der Waals surface area (Å²) in [5.74, 6) is 0. The molecule has 6 heteroatoms. The maximum Gasteiger partial charge on any atom is 0.270 e. The van der Waals surface area contributed by atoms with E-state index in [1.54, 1.807) is 0 Å². The first kappa shape index (κ1) is 19.1. The highest BCUT2D eigenvalue weighted by Gasteiger charge is 2.39. The van der Waals surface area contributed by atoms with E-state index in [0.717, 1.165) is 62.6 Å². The zero-order valence-electron chi connectivity index (χ0n) is 15.7. The molecule has 1 aromatic heterocycles. The number of sulfonamides is 1. The molecule has 0 N–H and O–H groups in total. The second-order valence-corrected chi connectivity index (χ2v) is 10.7. The third-order valence-electron chi connectivity index (χ3n) is 5.92. The van der Waals surface area contributed by atoms with E-state index in [-0.39, 0.29) is 16.4 Å². The Morgan fingerprint density at radius 1 is 0.852 bits per heavy atom. The molecule has 2 aliphatic carbocycles. The van der Waals surface area contributed by atoms with Gasteiger partial charge in [0.2, 0.25) is 4.34 Å². The van der Waals surface area contributed by atoms with Gasteiger partial charge in [0.15, 0.2) is 0 Å². The monoisotopic (exact) mass is 404 g/mol. The molecule has 0 unspecified atom stereocenters. The Balaban J connectivity index is 1.66. The number of hydrogen-bond acceptors (Lipinski definition) is 4. The van der Waals surface area contributed by atoms with Crippen molar-refractivity contribution < 1.29 is 8.42 Å². The van der Waals surface area contributed by atoms with Gasteiger partial charge in [-0.25, -0.2) is 13.4 Å². The average molecular weight is 405 g/mol. The van der Waals surface area contributed by atoms with Gasteiger partial charge in [0.05, 0.1) is 5.69 Å². The predicted molar refractivity (Wildman–Crippen MR) is 110 cm³/mol. The minimum Gasteiger partial charge on any atom is -0.224 e. The highest BCUT2D eigenvalue weighted by molar-refractivity contribution is 7.91. The van der Waals surface area contributed by atoms with E-state index < -0.39 is 10.0 Å². The molecule has 4 rings (SSSR count). The number of nitrogens with zero attached hydrogens (tertiary/aromatic N) is 2. The van der Waals surface area contributed by atoms with Gasteiger partial charge < -0.3 is 0 Å². The predicted octanol–water partition coefficient (Wildman–Crippen LogP) is 5.47. The molecule has 2 aliphatic rings. The minimum absolute atomic E-state index is 0.149. The van der Waals surface area contributed by atoms with Crippen molar-refractivity contribution in [2.24, 2.45) is 0 Å². The zero-order chi connectivity index (χ0) is 18.7. The maximum absolute atomic E-state index is 13.6. The highest BCUT2D eigenvalue weighted by Crippen LogP contribution is 2.36. The molecule has 4 nitrogen and oxygen atoms in total. The quantitative estimate of drug-likeness (QED) is 0.664. The lowest BCUT2D eigenvalue weighted by Gasteiger charge is -2.39. The molecule has 2 aromatic rings. The fraction of sp³-hybridized carbons (Fsp3) is 0.571. The van der Waals surface area contributed by atoms with Gasteiger partial charge in [0.25, 0.3) is 10.0 Å². The Hall–Kier alpha value is -1.24. The van der Waals surface area contributed by atoms with Gasteiger partial charge in [-0.3, -0.25) is 0 Å². The number of benzene rings is 1. The highest BCUT2D eigenvalue weighted by atomic mass is 32.2. The van der Waals surface area contributed by atoms with Crippen LogP contribution in [0.5, 0.6) is 0 Å². The van der Waals surface area contributed by atoms with Gasteiger partial charge >= 0.3 is 0 Å². The van der Waals surface area contributed by atoms with Gasteiger partial charge in [-0.1, -0.05) is 68.9 Å². The maximum atomic E-state index is 13.6. The average Bonchev–Trinajstić information content (AvgIpc) is 3.22. The molecule has 2 fully saturated rings. The minimum atomic E-state index is -3.55. The van der Waals surface area contributed by atoms with Crippen molar-refractivity contribution in [2.75, 3.05) is 0 Å². The van der Waals surface area contributed by atoms with Crippen molar-refractivity contribution in [3.8, 4) is 11.3 Å². The second kappa shape index (κ2) is 8.41. The molecule has 0 radical (unpaired) electrons. The summed E-state index contributed by atoms with van der Waals surface area (Å²) in [6.45, 7) is 0. The summed E-state index contributed by atoms with van der Waals surface area (Å²) in [4.78, 5) is 4.55. The van der Waals surface area contributed by atoms with Gasteiger partial charge in [-0.15, -0.1) is 11.3 Å². The molecule has 0 spiro atoms. The molecule has 0 atom stereocenters. The molecule has 0 amide bonds. The van der Waals surface area contributed by atoms with Crippen LogP contribution in [0.25, 0.3) is 11.3 Å². The Morgan fingerprint density at radius 3 is 1.96 bits per heavy atom. The standard InChI is InChI=1S/C21H28N2O2S2/c24-27(25,21-22-20(16-26-21)17-10-4-1-5-11-17)23(18-12-6-2-7-13-18)19-14-8-3-9-15-19/h1,4-5,10-11,16,18-19H,2-3,6-9,12-15H2. The molecule has 0 aliphatic heterocycles. The molecule has 0 bridgehead atoms. The van der Waals surface area contributed by atoms with Crippen molar-refractivity contribution in [2.45, 2.75) is 80.6 Å². The largest absolute Gasteiger partial charge is 0.270 e. The summed E-state index contributed by atoms with van der Waals surface area (Å²) in [6.07, 6.45) is 11.0. The molecule has 27 heavy (non-hydrogen) atoms. The fourth-order valence-electron chi connectivity index (χ4n) is 4.57. The van der Waals surface area contributed by atoms with Gasteiger partial charge in [-0.05, 0) is 25.7 Å². The van der Waals surface area contributed by atoms with Crippen LogP contribution in [0.15, 0.2) is 40.1 Å². The Kier molecular flexibility index (Phi) is 5.95. The Morgan fingerprint density at radius 2 is 1.41 bits per heavy atom. The smallest absolute Gasteiger partial charge is 0.224 e. The van der Waals surface area contributed by atoms with Crippen LogP contribution >= 0.6 is 11.3 Å². The summed E-state index contributed by atoms with van der Waals surface area (Å²) < 4.78 is 29.4. The topological polar surface area (TPSA) is 50.3 Å². The molecule has 1 heterocycles. The van der Waals surface area contributed by atoms with Crippen LogP contribution in [0.4, 0.5) is 0 Å². The van der Waals surface area contributed by atoms with Crippen LogP contribution in [0, 0.1) is 0 Å². The van der Waals surface area contributed by atoms with Gasteiger partial charge in [0, 0.05) is 23.0 Å². The van der Waals surface area contributed by atoms with E-state index in [1.807, 2.05) is 40.0 Å². The molecular formula is C21H28N2O2S2. The van der Waals surface area contributed by atoms with E-state index in [1.165, 1.54) is 24.2 Å². The second-order valence-electron chi connectivity index (χ2n) is 7.78. The number of aromatic nitrogens is 1. The first-order chi connectivity index (χ1) is 13.2.